The summed E-state index contributed by atoms with van der Waals surface area (Å²) in [5.41, 5.74) is 2.72. The summed E-state index contributed by atoms with van der Waals surface area (Å²) in [6.07, 6.45) is 0. The molecule has 0 nitrogen and oxygen atoms in total. The highest BCUT2D eigenvalue weighted by Gasteiger charge is 2.17. The Hall–Kier alpha value is -1.12. The lowest BCUT2D eigenvalue weighted by Gasteiger charge is -2.13. The van der Waals surface area contributed by atoms with Crippen molar-refractivity contribution in [3.05, 3.63) is 69.4 Å². The summed E-state index contributed by atoms with van der Waals surface area (Å²) < 4.78 is 0. The number of benzene rings is 2. The summed E-state index contributed by atoms with van der Waals surface area (Å²) in [7, 11) is 0. The molecule has 1 atom stereocenters. The molecule has 0 aliphatic rings. The van der Waals surface area contributed by atoms with Crippen LogP contribution in [0.15, 0.2) is 48.5 Å². The number of halogens is 1. The molecule has 1 aromatic heterocycles. The molecular weight excluding hydrogens is 316 g/mol. The van der Waals surface area contributed by atoms with Gasteiger partial charge in [0, 0.05) is 9.75 Å². The lowest BCUT2D eigenvalue weighted by Crippen LogP contribution is -1.93. The predicted molar refractivity (Wildman–Crippen MR) is 88.5 cm³/mol. The molecule has 1 heterocycles. The quantitative estimate of drug-likeness (QED) is 0.505. The summed E-state index contributed by atoms with van der Waals surface area (Å²) in [6.45, 7) is 4.36. The Labute approximate surface area is 126 Å². The molecular formula is C17H15BrS. The lowest BCUT2D eigenvalue weighted by atomic mass is 10.0. The molecule has 2 heteroatoms. The van der Waals surface area contributed by atoms with Gasteiger partial charge in [0.15, 0.2) is 0 Å². The Morgan fingerprint density at radius 2 is 1.74 bits per heavy atom. The first kappa shape index (κ1) is 12.9. The maximum atomic E-state index is 3.89. The number of aryl methyl sites for hydroxylation is 2. The van der Waals surface area contributed by atoms with Crippen LogP contribution in [0.5, 0.6) is 0 Å². The van der Waals surface area contributed by atoms with Gasteiger partial charge in [-0.2, -0.15) is 0 Å². The van der Waals surface area contributed by atoms with Crippen LogP contribution < -0.4 is 0 Å². The molecule has 3 aromatic rings. The van der Waals surface area contributed by atoms with Gasteiger partial charge in [0.25, 0.3) is 0 Å². The number of alkyl halides is 1. The Balaban J connectivity index is 2.16. The van der Waals surface area contributed by atoms with Gasteiger partial charge < -0.3 is 0 Å². The van der Waals surface area contributed by atoms with E-state index in [0.29, 0.717) is 0 Å². The normalized spacial score (nSPS) is 12.8. The Bertz CT molecular complexity index is 722. The third-order valence-corrected chi connectivity index (χ3v) is 5.88. The van der Waals surface area contributed by atoms with Crippen LogP contribution in [-0.2, 0) is 0 Å². The largest absolute Gasteiger partial charge is 0.144 e. The number of hydrogen-bond acceptors (Lipinski definition) is 1. The van der Waals surface area contributed by atoms with E-state index in [1.807, 2.05) is 11.3 Å². The summed E-state index contributed by atoms with van der Waals surface area (Å²) in [5, 5.41) is 2.63. The van der Waals surface area contributed by atoms with E-state index in [2.05, 4.69) is 78.3 Å². The smallest absolute Gasteiger partial charge is 0.0746 e. The van der Waals surface area contributed by atoms with E-state index in [-0.39, 0.29) is 4.83 Å². The number of fused-ring (bicyclic) bond motifs is 1. The third-order valence-electron chi connectivity index (χ3n) is 3.41. The molecule has 0 N–H and O–H groups in total. The van der Waals surface area contributed by atoms with E-state index in [1.54, 1.807) is 0 Å². The van der Waals surface area contributed by atoms with Gasteiger partial charge in [0.1, 0.15) is 0 Å². The minimum Gasteiger partial charge on any atom is -0.144 e. The summed E-state index contributed by atoms with van der Waals surface area (Å²) in [4.78, 5) is 3.06. The molecule has 0 saturated carbocycles. The van der Waals surface area contributed by atoms with Crippen LogP contribution in [0.3, 0.4) is 0 Å². The molecule has 96 valence electrons. The van der Waals surface area contributed by atoms with Crippen molar-refractivity contribution in [2.45, 2.75) is 18.7 Å². The topological polar surface area (TPSA) is 0 Å². The van der Waals surface area contributed by atoms with Gasteiger partial charge >= 0.3 is 0 Å². The van der Waals surface area contributed by atoms with E-state index in [0.717, 1.165) is 0 Å². The Morgan fingerprint density at radius 3 is 2.47 bits per heavy atom. The maximum Gasteiger partial charge on any atom is 0.0746 e. The average Bonchev–Trinajstić information content (AvgIpc) is 2.76. The van der Waals surface area contributed by atoms with Crippen molar-refractivity contribution >= 4 is 38.0 Å². The monoisotopic (exact) mass is 330 g/mol. The zero-order valence-electron chi connectivity index (χ0n) is 11.0. The second-order valence-corrected chi connectivity index (χ2v) is 7.04. The standard InChI is InChI=1S/C17H15BrS/c1-11-10-12(2)19-17(11)16(18)15-9-5-7-13-6-3-4-8-14(13)15/h3-10,16H,1-2H3. The molecule has 0 bridgehead atoms. The van der Waals surface area contributed by atoms with Crippen LogP contribution in [0.4, 0.5) is 0 Å². The first-order valence-electron chi connectivity index (χ1n) is 6.35. The SMILES string of the molecule is Cc1cc(C)c(C(Br)c2cccc3ccccc23)s1. The molecule has 0 saturated heterocycles. The Morgan fingerprint density at radius 1 is 1.00 bits per heavy atom. The van der Waals surface area contributed by atoms with E-state index in [4.69, 9.17) is 0 Å². The molecule has 0 aliphatic heterocycles. The van der Waals surface area contributed by atoms with Crippen LogP contribution in [0.2, 0.25) is 0 Å². The van der Waals surface area contributed by atoms with Gasteiger partial charge in [-0.3, -0.25) is 0 Å². The fourth-order valence-corrected chi connectivity index (χ4v) is 4.60. The van der Waals surface area contributed by atoms with Crippen LogP contribution >= 0.6 is 27.3 Å². The van der Waals surface area contributed by atoms with E-state index in [9.17, 15) is 0 Å². The third kappa shape index (κ3) is 2.35. The van der Waals surface area contributed by atoms with Crippen molar-refractivity contribution in [3.8, 4) is 0 Å². The first-order valence-corrected chi connectivity index (χ1v) is 8.08. The molecule has 0 fully saturated rings. The molecule has 3 rings (SSSR count). The fraction of sp³-hybridized carbons (Fsp3) is 0.176. The highest BCUT2D eigenvalue weighted by atomic mass is 79.9. The second-order valence-electron chi connectivity index (χ2n) is 4.84. The second kappa shape index (κ2) is 5.10. The van der Waals surface area contributed by atoms with Gasteiger partial charge in [-0.05, 0) is 41.8 Å². The highest BCUT2D eigenvalue weighted by Crippen LogP contribution is 2.40. The summed E-state index contributed by atoms with van der Waals surface area (Å²) in [6, 6.07) is 17.4. The molecule has 19 heavy (non-hydrogen) atoms. The molecule has 2 aromatic carbocycles. The summed E-state index contributed by atoms with van der Waals surface area (Å²) in [5.74, 6) is 0. The van der Waals surface area contributed by atoms with Crippen LogP contribution in [0, 0.1) is 13.8 Å². The zero-order chi connectivity index (χ0) is 13.4. The van der Waals surface area contributed by atoms with Gasteiger partial charge in [0.05, 0.1) is 4.83 Å². The predicted octanol–water partition coefficient (Wildman–Crippen LogP) is 6.00. The van der Waals surface area contributed by atoms with Crippen molar-refractivity contribution in [3.63, 3.8) is 0 Å². The Kier molecular flexibility index (Phi) is 3.46. The lowest BCUT2D eigenvalue weighted by molar-refractivity contribution is 1.21. The minimum atomic E-state index is 0.275. The van der Waals surface area contributed by atoms with Crippen LogP contribution in [-0.4, -0.2) is 0 Å². The van der Waals surface area contributed by atoms with Crippen LogP contribution in [0.25, 0.3) is 10.8 Å². The number of rotatable bonds is 2. The summed E-state index contributed by atoms with van der Waals surface area (Å²) >= 11 is 5.77. The van der Waals surface area contributed by atoms with E-state index >= 15 is 0 Å². The van der Waals surface area contributed by atoms with Gasteiger partial charge in [-0.25, -0.2) is 0 Å². The minimum absolute atomic E-state index is 0.275. The van der Waals surface area contributed by atoms with Gasteiger partial charge in [-0.1, -0.05) is 58.4 Å². The van der Waals surface area contributed by atoms with Gasteiger partial charge in [0.2, 0.25) is 0 Å². The van der Waals surface area contributed by atoms with E-state index in [1.165, 1.54) is 31.7 Å². The van der Waals surface area contributed by atoms with E-state index < -0.39 is 0 Å². The molecule has 0 amide bonds. The van der Waals surface area contributed by atoms with Crippen molar-refractivity contribution in [2.75, 3.05) is 0 Å². The molecule has 0 spiro atoms. The van der Waals surface area contributed by atoms with Crippen molar-refractivity contribution in [2.24, 2.45) is 0 Å². The fourth-order valence-electron chi connectivity index (χ4n) is 2.52. The number of hydrogen-bond donors (Lipinski definition) is 0. The van der Waals surface area contributed by atoms with Gasteiger partial charge in [-0.15, -0.1) is 11.3 Å². The number of thiophene rings is 1. The van der Waals surface area contributed by atoms with Crippen molar-refractivity contribution in [1.29, 1.82) is 0 Å². The van der Waals surface area contributed by atoms with Crippen molar-refractivity contribution in [1.82, 2.24) is 0 Å². The molecule has 0 aliphatic carbocycles. The van der Waals surface area contributed by atoms with Crippen molar-refractivity contribution < 1.29 is 0 Å². The van der Waals surface area contributed by atoms with Crippen LogP contribution in [0.1, 0.15) is 25.7 Å². The highest BCUT2D eigenvalue weighted by molar-refractivity contribution is 9.09. The zero-order valence-corrected chi connectivity index (χ0v) is 13.4. The maximum absolute atomic E-state index is 3.89. The first-order chi connectivity index (χ1) is 9.16. The molecule has 0 radical (unpaired) electrons. The average molecular weight is 331 g/mol. The molecule has 1 unspecified atom stereocenters.